The van der Waals surface area contributed by atoms with Crippen LogP contribution in [0.3, 0.4) is 0 Å². The molecule has 66 valence electrons. The lowest BCUT2D eigenvalue weighted by Gasteiger charge is -2.02. The van der Waals surface area contributed by atoms with Crippen molar-refractivity contribution in [3.63, 3.8) is 0 Å². The zero-order valence-electron chi connectivity index (χ0n) is 5.48. The molecule has 0 atom stereocenters. The van der Waals surface area contributed by atoms with Gasteiger partial charge in [-0.05, 0) is 23.7 Å². The monoisotopic (exact) mass is 230 g/mol. The predicted octanol–water partition coefficient (Wildman–Crippen LogP) is 3.42. The van der Waals surface area contributed by atoms with E-state index in [1.165, 1.54) is 12.1 Å². The summed E-state index contributed by atoms with van der Waals surface area (Å²) in [5, 5.41) is -3.84. The molecule has 12 heavy (non-hydrogen) atoms. The van der Waals surface area contributed by atoms with Gasteiger partial charge >= 0.3 is 5.38 Å². The summed E-state index contributed by atoms with van der Waals surface area (Å²) < 4.78 is 24.7. The minimum atomic E-state index is -3.84. The number of halogens is 4. The predicted molar refractivity (Wildman–Crippen MR) is 44.5 cm³/mol. The first-order chi connectivity index (χ1) is 5.41. The summed E-state index contributed by atoms with van der Waals surface area (Å²) in [7, 11) is 0. The van der Waals surface area contributed by atoms with Crippen LogP contribution in [0, 0.1) is 0 Å². The fraction of sp³-hybridized carbons (Fsp3) is 0.167. The Morgan fingerprint density at radius 3 is 2.42 bits per heavy atom. The second-order valence-electron chi connectivity index (χ2n) is 1.93. The molecule has 1 rings (SSSR count). The molecule has 0 aromatic carbocycles. The van der Waals surface area contributed by atoms with E-state index in [4.69, 9.17) is 11.6 Å². The summed E-state index contributed by atoms with van der Waals surface area (Å²) in [5.41, 5.74) is 0. The standard InChI is InChI=1S/C6H2Cl2F2OS/c7-4-2-1-3(12-4)5(11)6(8,9)10/h1-2H. The number of hydrogen-bond acceptors (Lipinski definition) is 2. The maximum absolute atomic E-state index is 12.2. The van der Waals surface area contributed by atoms with Gasteiger partial charge in [0, 0.05) is 0 Å². The lowest BCUT2D eigenvalue weighted by atomic mass is 10.3. The Bertz CT molecular complexity index is 305. The van der Waals surface area contributed by atoms with Crippen LogP contribution in [0.15, 0.2) is 12.1 Å². The van der Waals surface area contributed by atoms with Gasteiger partial charge in [-0.25, -0.2) is 0 Å². The highest BCUT2D eigenvalue weighted by Gasteiger charge is 2.37. The topological polar surface area (TPSA) is 17.1 Å². The zero-order chi connectivity index (χ0) is 9.35. The van der Waals surface area contributed by atoms with Crippen molar-refractivity contribution in [3.8, 4) is 0 Å². The Morgan fingerprint density at radius 2 is 2.08 bits per heavy atom. The van der Waals surface area contributed by atoms with Crippen molar-refractivity contribution in [3.05, 3.63) is 21.3 Å². The molecule has 0 spiro atoms. The van der Waals surface area contributed by atoms with Crippen molar-refractivity contribution < 1.29 is 13.6 Å². The first kappa shape index (κ1) is 9.89. The Hall–Kier alpha value is -0.190. The molecule has 0 aliphatic rings. The fourth-order valence-electron chi connectivity index (χ4n) is 0.576. The Kier molecular flexibility index (Phi) is 2.70. The third-order valence-corrected chi connectivity index (χ3v) is 2.46. The smallest absolute Gasteiger partial charge is 0.285 e. The molecule has 0 unspecified atom stereocenters. The molecular formula is C6H2Cl2F2OS. The van der Waals surface area contributed by atoms with Gasteiger partial charge in [0.05, 0.1) is 9.21 Å². The second-order valence-corrected chi connectivity index (χ2v) is 4.12. The van der Waals surface area contributed by atoms with Crippen LogP contribution in [0.1, 0.15) is 9.67 Å². The van der Waals surface area contributed by atoms with Gasteiger partial charge < -0.3 is 0 Å². The van der Waals surface area contributed by atoms with Crippen LogP contribution in [0.4, 0.5) is 8.78 Å². The van der Waals surface area contributed by atoms with Crippen molar-refractivity contribution in [1.29, 1.82) is 0 Å². The van der Waals surface area contributed by atoms with E-state index in [2.05, 4.69) is 11.6 Å². The first-order valence-corrected chi connectivity index (χ1v) is 4.35. The Morgan fingerprint density at radius 1 is 1.50 bits per heavy atom. The summed E-state index contributed by atoms with van der Waals surface area (Å²) in [6.07, 6.45) is 0. The van der Waals surface area contributed by atoms with Gasteiger partial charge in [-0.15, -0.1) is 11.3 Å². The van der Waals surface area contributed by atoms with Gasteiger partial charge in [0.25, 0.3) is 5.78 Å². The number of carbonyl (C=O) groups is 1. The number of rotatable bonds is 2. The third-order valence-electron chi connectivity index (χ3n) is 1.05. The number of thiophene rings is 1. The van der Waals surface area contributed by atoms with Crippen molar-refractivity contribution in [1.82, 2.24) is 0 Å². The Labute approximate surface area is 80.9 Å². The van der Waals surface area contributed by atoms with Crippen LogP contribution >= 0.6 is 34.5 Å². The number of alkyl halides is 3. The maximum Gasteiger partial charge on any atom is 0.385 e. The number of Topliss-reactive ketones (excluding diaryl/α,β-unsaturated/α-hetero) is 1. The van der Waals surface area contributed by atoms with E-state index in [9.17, 15) is 13.6 Å². The minimum absolute atomic E-state index is 0.139. The van der Waals surface area contributed by atoms with Gasteiger partial charge in [-0.2, -0.15) is 8.78 Å². The molecule has 0 saturated heterocycles. The second kappa shape index (κ2) is 3.28. The molecule has 1 aromatic rings. The number of ketones is 1. The number of carbonyl (C=O) groups excluding carboxylic acids is 1. The van der Waals surface area contributed by atoms with Crippen LogP contribution in [0.25, 0.3) is 0 Å². The van der Waals surface area contributed by atoms with E-state index < -0.39 is 11.2 Å². The molecule has 1 heterocycles. The molecule has 1 nitrogen and oxygen atoms in total. The molecule has 0 aliphatic heterocycles. The van der Waals surface area contributed by atoms with Crippen LogP contribution in [-0.2, 0) is 0 Å². The van der Waals surface area contributed by atoms with Crippen molar-refractivity contribution in [2.45, 2.75) is 5.38 Å². The summed E-state index contributed by atoms with van der Waals surface area (Å²) in [6, 6.07) is 2.58. The maximum atomic E-state index is 12.2. The zero-order valence-corrected chi connectivity index (χ0v) is 7.81. The van der Waals surface area contributed by atoms with Crippen LogP contribution in [-0.4, -0.2) is 11.2 Å². The molecule has 0 radical (unpaired) electrons. The average Bonchev–Trinajstić information content (AvgIpc) is 2.32. The normalized spacial score (nSPS) is 11.7. The molecule has 0 bridgehead atoms. The summed E-state index contributed by atoms with van der Waals surface area (Å²) in [4.78, 5) is 10.6. The highest BCUT2D eigenvalue weighted by atomic mass is 35.5. The van der Waals surface area contributed by atoms with E-state index in [1.54, 1.807) is 0 Å². The average molecular weight is 231 g/mol. The number of hydrogen-bond donors (Lipinski definition) is 0. The minimum Gasteiger partial charge on any atom is -0.285 e. The van der Waals surface area contributed by atoms with Gasteiger partial charge in [0.1, 0.15) is 0 Å². The molecule has 1 aromatic heterocycles. The molecule has 0 N–H and O–H groups in total. The van der Waals surface area contributed by atoms with Crippen LogP contribution in [0.5, 0.6) is 0 Å². The van der Waals surface area contributed by atoms with Crippen molar-refractivity contribution in [2.24, 2.45) is 0 Å². The molecule has 6 heteroatoms. The lowest BCUT2D eigenvalue weighted by Crippen LogP contribution is -2.20. The van der Waals surface area contributed by atoms with Gasteiger partial charge in [-0.1, -0.05) is 11.6 Å². The quantitative estimate of drug-likeness (QED) is 0.563. The lowest BCUT2D eigenvalue weighted by molar-refractivity contribution is 0.0541. The first-order valence-electron chi connectivity index (χ1n) is 2.78. The third kappa shape index (κ3) is 2.15. The molecule has 0 saturated carbocycles. The molecule has 0 amide bonds. The Balaban J connectivity index is 2.93. The van der Waals surface area contributed by atoms with Crippen LogP contribution in [0.2, 0.25) is 4.34 Å². The van der Waals surface area contributed by atoms with E-state index in [-0.39, 0.29) is 9.21 Å². The van der Waals surface area contributed by atoms with Gasteiger partial charge in [0.2, 0.25) is 0 Å². The van der Waals surface area contributed by atoms with E-state index in [1.807, 2.05) is 0 Å². The summed E-state index contributed by atoms with van der Waals surface area (Å²) in [6.45, 7) is 0. The molecule has 0 fully saturated rings. The van der Waals surface area contributed by atoms with Crippen molar-refractivity contribution >= 4 is 40.3 Å². The SMILES string of the molecule is O=C(c1ccc(Cl)s1)C(F)(F)Cl. The molecule has 0 aliphatic carbocycles. The van der Waals surface area contributed by atoms with Crippen LogP contribution < -0.4 is 0 Å². The summed E-state index contributed by atoms with van der Waals surface area (Å²) >= 11 is 10.7. The van der Waals surface area contributed by atoms with Gasteiger partial charge in [-0.3, -0.25) is 4.79 Å². The van der Waals surface area contributed by atoms with E-state index in [0.29, 0.717) is 0 Å². The highest BCUT2D eigenvalue weighted by Crippen LogP contribution is 2.29. The highest BCUT2D eigenvalue weighted by molar-refractivity contribution is 7.18. The largest absolute Gasteiger partial charge is 0.385 e. The summed E-state index contributed by atoms with van der Waals surface area (Å²) in [5.74, 6) is -1.42. The van der Waals surface area contributed by atoms with Crippen molar-refractivity contribution in [2.75, 3.05) is 0 Å². The molecular weight excluding hydrogens is 229 g/mol. The van der Waals surface area contributed by atoms with Gasteiger partial charge in [0.15, 0.2) is 0 Å². The fourth-order valence-corrected chi connectivity index (χ4v) is 1.75. The van der Waals surface area contributed by atoms with E-state index in [0.717, 1.165) is 11.3 Å². The van der Waals surface area contributed by atoms with E-state index >= 15 is 0 Å².